The minimum absolute atomic E-state index is 0.0483. The maximum atomic E-state index is 14.6. The molecule has 2 aromatic rings. The number of ketones is 1. The first-order valence-corrected chi connectivity index (χ1v) is 12.6. The third-order valence-corrected chi connectivity index (χ3v) is 8.75. The number of hydrogen-bond donors (Lipinski definition) is 2. The lowest BCUT2D eigenvalue weighted by molar-refractivity contribution is 0.0646. The van der Waals surface area contributed by atoms with E-state index in [0.717, 1.165) is 34.1 Å². The van der Waals surface area contributed by atoms with Crippen LogP contribution in [0.2, 0.25) is 10.0 Å². The molecule has 1 unspecified atom stereocenters. The monoisotopic (exact) mass is 615 g/mol. The topological polar surface area (TPSA) is 46.2 Å². The van der Waals surface area contributed by atoms with Crippen molar-refractivity contribution < 1.29 is 18.4 Å². The van der Waals surface area contributed by atoms with Gasteiger partial charge in [0.2, 0.25) is 0 Å². The van der Waals surface area contributed by atoms with Crippen LogP contribution >= 0.6 is 70.2 Å². The van der Waals surface area contributed by atoms with Crippen LogP contribution in [0.5, 0.6) is 0 Å². The Morgan fingerprint density at radius 1 is 1.19 bits per heavy atom. The Balaban J connectivity index is 1.86. The minimum atomic E-state index is -3.38. The molecule has 0 saturated carbocycles. The average molecular weight is 616 g/mol. The number of halogens is 5. The first kappa shape index (κ1) is 25.1. The molecular weight excluding hydrogens is 598 g/mol. The number of rotatable bonds is 7. The Kier molecular flexibility index (Phi) is 7.89. The Morgan fingerprint density at radius 2 is 1.81 bits per heavy atom. The van der Waals surface area contributed by atoms with Crippen molar-refractivity contribution in [3.63, 3.8) is 0 Å². The van der Waals surface area contributed by atoms with Crippen molar-refractivity contribution in [2.24, 2.45) is 0 Å². The molecule has 166 valence electrons. The summed E-state index contributed by atoms with van der Waals surface area (Å²) >= 11 is 18.9. The number of nitrogens with one attached hydrogen (secondary N) is 1. The molecule has 0 spiro atoms. The van der Waals surface area contributed by atoms with Crippen molar-refractivity contribution >= 4 is 81.9 Å². The molecule has 1 aliphatic rings. The summed E-state index contributed by atoms with van der Waals surface area (Å²) in [5.74, 6) is 1.01. The number of carbonyl (C=O) groups excluding carboxylic acids is 2. The van der Waals surface area contributed by atoms with E-state index >= 15 is 0 Å². The predicted molar refractivity (Wildman–Crippen MR) is 135 cm³/mol. The predicted octanol–water partition coefficient (Wildman–Crippen LogP) is 6.57. The lowest BCUT2D eigenvalue weighted by Gasteiger charge is -2.33. The van der Waals surface area contributed by atoms with E-state index in [2.05, 4.69) is 17.9 Å². The molecule has 1 N–H and O–H groups in total. The summed E-state index contributed by atoms with van der Waals surface area (Å²) in [7, 11) is 0. The van der Waals surface area contributed by atoms with Gasteiger partial charge in [-0.3, -0.25) is 9.59 Å². The largest absolute Gasteiger partial charge is 0.348 e. The van der Waals surface area contributed by atoms with Gasteiger partial charge in [-0.25, -0.2) is 0 Å². The number of carbonyl (C=O) groups is 2. The standard InChI is InChI=1S/C21H18Cl2F2INO2S2/c1-11-4-12(2-3-17(11)19(29)27-16-9-31-10-16)18(28)8-20(30,21(24,25)26)13-5-14(22)7-15(23)6-13/h2-7,16,30H,8-10H2,1H3,(H,27,29). The molecule has 10 heteroatoms. The molecule has 0 aliphatic carbocycles. The quantitative estimate of drug-likeness (QED) is 0.160. The SMILES string of the molecule is Cc1cc(C(=O)CC(S)(c2cc(Cl)cc(Cl)c2)C(F)(F)I)ccc1C(=O)NC1CSC1. The van der Waals surface area contributed by atoms with Gasteiger partial charge in [-0.2, -0.15) is 33.2 Å². The molecule has 0 bridgehead atoms. The first-order valence-electron chi connectivity index (χ1n) is 9.19. The number of benzene rings is 2. The Hall–Kier alpha value is -0.550. The van der Waals surface area contributed by atoms with E-state index < -0.39 is 20.9 Å². The van der Waals surface area contributed by atoms with E-state index in [9.17, 15) is 18.4 Å². The number of Topliss-reactive ketones (excluding diaryl/α,β-unsaturated/α-hetero) is 1. The summed E-state index contributed by atoms with van der Waals surface area (Å²) in [5, 5.41) is 3.27. The molecule has 1 fully saturated rings. The zero-order valence-corrected chi connectivity index (χ0v) is 21.6. The van der Waals surface area contributed by atoms with Gasteiger partial charge in [-0.15, -0.1) is 0 Å². The van der Waals surface area contributed by atoms with Crippen molar-refractivity contribution in [1.29, 1.82) is 0 Å². The highest BCUT2D eigenvalue weighted by atomic mass is 127. The van der Waals surface area contributed by atoms with E-state index in [1.807, 2.05) is 0 Å². The molecule has 0 aromatic heterocycles. The van der Waals surface area contributed by atoms with Crippen molar-refractivity contribution in [1.82, 2.24) is 5.32 Å². The van der Waals surface area contributed by atoms with Crippen LogP contribution in [0, 0.1) is 6.92 Å². The number of thioether (sulfide) groups is 1. The van der Waals surface area contributed by atoms with Crippen molar-refractivity contribution in [2.45, 2.75) is 28.1 Å². The van der Waals surface area contributed by atoms with Gasteiger partial charge in [0.15, 0.2) is 5.78 Å². The van der Waals surface area contributed by atoms with E-state index in [1.165, 1.54) is 30.3 Å². The number of amides is 1. The second kappa shape index (κ2) is 9.75. The molecule has 1 atom stereocenters. The van der Waals surface area contributed by atoms with E-state index in [1.54, 1.807) is 24.8 Å². The maximum absolute atomic E-state index is 14.6. The first-order chi connectivity index (χ1) is 14.4. The van der Waals surface area contributed by atoms with Gasteiger partial charge in [0.05, 0.1) is 0 Å². The van der Waals surface area contributed by atoms with Crippen molar-refractivity contribution in [3.05, 3.63) is 68.7 Å². The maximum Gasteiger partial charge on any atom is 0.315 e. The Morgan fingerprint density at radius 3 is 2.29 bits per heavy atom. The number of aryl methyl sites for hydroxylation is 1. The molecular formula is C21H18Cl2F2INO2S2. The molecule has 1 saturated heterocycles. The van der Waals surface area contributed by atoms with Gasteiger partial charge in [-0.1, -0.05) is 29.3 Å². The molecule has 1 aliphatic heterocycles. The zero-order valence-electron chi connectivity index (χ0n) is 16.2. The third-order valence-electron chi connectivity index (χ3n) is 4.99. The van der Waals surface area contributed by atoms with Gasteiger partial charge < -0.3 is 5.32 Å². The van der Waals surface area contributed by atoms with Crippen molar-refractivity contribution in [2.75, 3.05) is 11.5 Å². The van der Waals surface area contributed by atoms with E-state index in [-0.39, 0.29) is 33.1 Å². The highest BCUT2D eigenvalue weighted by Crippen LogP contribution is 2.51. The van der Waals surface area contributed by atoms with Crippen LogP contribution in [0.4, 0.5) is 8.78 Å². The molecule has 31 heavy (non-hydrogen) atoms. The normalized spacial score (nSPS) is 16.4. The van der Waals surface area contributed by atoms with Gasteiger partial charge in [0.1, 0.15) is 4.75 Å². The van der Waals surface area contributed by atoms with E-state index in [4.69, 9.17) is 23.2 Å². The smallest absolute Gasteiger partial charge is 0.315 e. The zero-order chi connectivity index (χ0) is 23.0. The molecule has 1 heterocycles. The molecule has 3 rings (SSSR count). The lowest BCUT2D eigenvalue weighted by atomic mass is 9.89. The van der Waals surface area contributed by atoms with Gasteiger partial charge in [-0.05, 0) is 48.4 Å². The van der Waals surface area contributed by atoms with Crippen LogP contribution in [0.15, 0.2) is 36.4 Å². The van der Waals surface area contributed by atoms with Crippen molar-refractivity contribution in [3.8, 4) is 0 Å². The minimum Gasteiger partial charge on any atom is -0.348 e. The van der Waals surface area contributed by atoms with Gasteiger partial charge in [0.25, 0.3) is 5.91 Å². The van der Waals surface area contributed by atoms with E-state index in [0.29, 0.717) is 11.1 Å². The van der Waals surface area contributed by atoms with Crippen LogP contribution < -0.4 is 5.32 Å². The molecule has 3 nitrogen and oxygen atoms in total. The Labute approximate surface area is 212 Å². The number of alkyl halides is 3. The fraction of sp³-hybridized carbons (Fsp3) is 0.333. The molecule has 0 radical (unpaired) electrons. The summed E-state index contributed by atoms with van der Waals surface area (Å²) in [5.41, 5.74) is 1.31. The third kappa shape index (κ3) is 5.69. The highest BCUT2D eigenvalue weighted by molar-refractivity contribution is 14.1. The Bertz CT molecular complexity index is 1010. The van der Waals surface area contributed by atoms with Gasteiger partial charge >= 0.3 is 3.93 Å². The van der Waals surface area contributed by atoms with Crippen LogP contribution in [0.3, 0.4) is 0 Å². The fourth-order valence-electron chi connectivity index (χ4n) is 3.17. The van der Waals surface area contributed by atoms with Crippen LogP contribution in [0.25, 0.3) is 0 Å². The van der Waals surface area contributed by atoms with Crippen LogP contribution in [0.1, 0.15) is 38.3 Å². The summed E-state index contributed by atoms with van der Waals surface area (Å²) in [6, 6.07) is 8.79. The summed E-state index contributed by atoms with van der Waals surface area (Å²) in [6.45, 7) is 1.71. The molecule has 1 amide bonds. The average Bonchev–Trinajstić information content (AvgIpc) is 2.62. The summed E-state index contributed by atoms with van der Waals surface area (Å²) in [6.07, 6.45) is -0.590. The van der Waals surface area contributed by atoms with Crippen LogP contribution in [-0.2, 0) is 4.75 Å². The van der Waals surface area contributed by atoms with Gasteiger partial charge in [0, 0.05) is 67.7 Å². The summed E-state index contributed by atoms with van der Waals surface area (Å²) < 4.78 is 23.7. The summed E-state index contributed by atoms with van der Waals surface area (Å²) in [4.78, 5) is 25.4. The lowest BCUT2D eigenvalue weighted by Crippen LogP contribution is -2.44. The fourth-order valence-corrected chi connectivity index (χ4v) is 5.11. The van der Waals surface area contributed by atoms with Crippen LogP contribution in [-0.4, -0.2) is 33.2 Å². The highest BCUT2D eigenvalue weighted by Gasteiger charge is 2.52. The second-order valence-corrected chi connectivity index (χ2v) is 11.4. The second-order valence-electron chi connectivity index (χ2n) is 7.35. The number of thiol groups is 1. The number of hydrogen-bond acceptors (Lipinski definition) is 4. The molecule has 2 aromatic carbocycles.